The third-order valence-corrected chi connectivity index (χ3v) is 4.67. The number of rotatable bonds is 3. The quantitative estimate of drug-likeness (QED) is 0.907. The van der Waals surface area contributed by atoms with Crippen LogP contribution in [0, 0.1) is 0 Å². The van der Waals surface area contributed by atoms with Gasteiger partial charge in [0, 0.05) is 25.0 Å². The lowest BCUT2D eigenvalue weighted by Crippen LogP contribution is -2.18. The third kappa shape index (κ3) is 1.87. The maximum atomic E-state index is 3.77. The molecule has 4 rings (SSSR count). The lowest BCUT2D eigenvalue weighted by atomic mass is 10.0. The number of hydrogen-bond donors (Lipinski definition) is 1. The summed E-state index contributed by atoms with van der Waals surface area (Å²) in [6, 6.07) is 17.6. The first-order valence-electron chi connectivity index (χ1n) is 7.45. The van der Waals surface area contributed by atoms with E-state index in [4.69, 9.17) is 0 Å². The van der Waals surface area contributed by atoms with Crippen molar-refractivity contribution in [3.63, 3.8) is 0 Å². The minimum absolute atomic E-state index is 0.181. The molecule has 2 heteroatoms. The number of fused-ring (bicyclic) bond motifs is 1. The molecule has 2 aromatic rings. The van der Waals surface area contributed by atoms with Gasteiger partial charge in [-0.3, -0.25) is 0 Å². The van der Waals surface area contributed by atoms with E-state index in [1.54, 1.807) is 0 Å². The molecule has 1 saturated carbocycles. The molecule has 1 heterocycles. The normalized spacial score (nSPS) is 18.8. The second-order valence-electron chi connectivity index (χ2n) is 6.09. The van der Waals surface area contributed by atoms with Crippen LogP contribution in [0.5, 0.6) is 0 Å². The molecule has 0 unspecified atom stereocenters. The van der Waals surface area contributed by atoms with Gasteiger partial charge in [0.15, 0.2) is 0 Å². The number of benzene rings is 2. The topological polar surface area (TPSA) is 15.3 Å². The lowest BCUT2D eigenvalue weighted by molar-refractivity contribution is 0.808. The Morgan fingerprint density at radius 2 is 1.85 bits per heavy atom. The molecule has 102 valence electrons. The van der Waals surface area contributed by atoms with Crippen LogP contribution in [-0.2, 0) is 12.0 Å². The highest BCUT2D eigenvalue weighted by molar-refractivity contribution is 5.65. The van der Waals surface area contributed by atoms with Crippen LogP contribution in [0.1, 0.15) is 24.0 Å². The van der Waals surface area contributed by atoms with Gasteiger partial charge in [-0.1, -0.05) is 30.3 Å². The second kappa shape index (κ2) is 4.27. The zero-order chi connectivity index (χ0) is 13.6. The molecule has 1 aliphatic carbocycles. The molecular weight excluding hydrogens is 244 g/mol. The Balaban J connectivity index is 1.61. The molecule has 20 heavy (non-hydrogen) atoms. The molecule has 0 saturated heterocycles. The van der Waals surface area contributed by atoms with E-state index >= 15 is 0 Å². The van der Waals surface area contributed by atoms with Crippen LogP contribution >= 0.6 is 0 Å². The van der Waals surface area contributed by atoms with Gasteiger partial charge in [-0.05, 0) is 48.6 Å². The molecular formula is C18H20N2. The first-order chi connectivity index (χ1) is 9.77. The molecule has 1 aliphatic heterocycles. The highest BCUT2D eigenvalue weighted by Crippen LogP contribution is 2.48. The first-order valence-corrected chi connectivity index (χ1v) is 7.45. The average molecular weight is 264 g/mol. The molecule has 0 atom stereocenters. The number of nitrogens with one attached hydrogen (secondary N) is 1. The second-order valence-corrected chi connectivity index (χ2v) is 6.09. The van der Waals surface area contributed by atoms with Gasteiger partial charge >= 0.3 is 0 Å². The van der Waals surface area contributed by atoms with E-state index in [0.29, 0.717) is 0 Å². The number of nitrogens with zero attached hydrogens (tertiary/aromatic N) is 1. The van der Waals surface area contributed by atoms with E-state index in [1.165, 1.54) is 41.8 Å². The van der Waals surface area contributed by atoms with Crippen LogP contribution in [0.4, 0.5) is 11.4 Å². The van der Waals surface area contributed by atoms with Crippen molar-refractivity contribution < 1.29 is 0 Å². The molecule has 1 fully saturated rings. The molecule has 0 bridgehead atoms. The van der Waals surface area contributed by atoms with Crippen molar-refractivity contribution in [3.05, 3.63) is 59.7 Å². The molecule has 0 radical (unpaired) electrons. The number of anilines is 2. The van der Waals surface area contributed by atoms with Gasteiger partial charge in [0.2, 0.25) is 0 Å². The van der Waals surface area contributed by atoms with E-state index in [-0.39, 0.29) is 5.54 Å². The Morgan fingerprint density at radius 1 is 1.05 bits per heavy atom. The SMILES string of the molecule is CN1CCc2cc(NC3(c4ccccc4)CC3)ccc21. The summed E-state index contributed by atoms with van der Waals surface area (Å²) in [5.74, 6) is 0. The zero-order valence-electron chi connectivity index (χ0n) is 11.9. The Labute approximate surface area is 120 Å². The largest absolute Gasteiger partial charge is 0.376 e. The van der Waals surface area contributed by atoms with Crippen molar-refractivity contribution in [1.29, 1.82) is 0 Å². The average Bonchev–Trinajstić information content (AvgIpc) is 3.18. The van der Waals surface area contributed by atoms with E-state index in [2.05, 4.69) is 65.8 Å². The lowest BCUT2D eigenvalue weighted by Gasteiger charge is -2.20. The van der Waals surface area contributed by atoms with Gasteiger partial charge in [0.05, 0.1) is 5.54 Å². The van der Waals surface area contributed by atoms with E-state index in [9.17, 15) is 0 Å². The van der Waals surface area contributed by atoms with Gasteiger partial charge in [-0.2, -0.15) is 0 Å². The summed E-state index contributed by atoms with van der Waals surface area (Å²) in [5, 5.41) is 3.77. The van der Waals surface area contributed by atoms with Crippen molar-refractivity contribution in [2.24, 2.45) is 0 Å². The number of likely N-dealkylation sites (N-methyl/N-ethyl adjacent to an activating group) is 1. The van der Waals surface area contributed by atoms with Gasteiger partial charge in [0.25, 0.3) is 0 Å². The third-order valence-electron chi connectivity index (χ3n) is 4.67. The van der Waals surface area contributed by atoms with Crippen LogP contribution in [0.25, 0.3) is 0 Å². The van der Waals surface area contributed by atoms with Crippen LogP contribution in [0.2, 0.25) is 0 Å². The molecule has 0 aromatic heterocycles. The van der Waals surface area contributed by atoms with E-state index < -0.39 is 0 Å². The fourth-order valence-electron chi connectivity index (χ4n) is 3.29. The highest BCUT2D eigenvalue weighted by Gasteiger charge is 2.44. The molecule has 1 N–H and O–H groups in total. The fourth-order valence-corrected chi connectivity index (χ4v) is 3.29. The molecule has 0 amide bonds. The van der Waals surface area contributed by atoms with Crippen molar-refractivity contribution in [2.75, 3.05) is 23.8 Å². The van der Waals surface area contributed by atoms with Crippen molar-refractivity contribution in [2.45, 2.75) is 24.8 Å². The number of hydrogen-bond acceptors (Lipinski definition) is 2. The predicted octanol–water partition coefficient (Wildman–Crippen LogP) is 3.78. The summed E-state index contributed by atoms with van der Waals surface area (Å²) >= 11 is 0. The van der Waals surface area contributed by atoms with Crippen LogP contribution in [0.3, 0.4) is 0 Å². The van der Waals surface area contributed by atoms with Crippen LogP contribution < -0.4 is 10.2 Å². The van der Waals surface area contributed by atoms with Gasteiger partial charge < -0.3 is 10.2 Å². The minimum Gasteiger partial charge on any atom is -0.376 e. The van der Waals surface area contributed by atoms with Gasteiger partial charge in [-0.15, -0.1) is 0 Å². The summed E-state index contributed by atoms with van der Waals surface area (Å²) in [4.78, 5) is 2.34. The summed E-state index contributed by atoms with van der Waals surface area (Å²) in [7, 11) is 2.17. The molecule has 2 aliphatic rings. The molecule has 0 spiro atoms. The summed E-state index contributed by atoms with van der Waals surface area (Å²) in [6.45, 7) is 1.14. The Bertz CT molecular complexity index is 629. The zero-order valence-corrected chi connectivity index (χ0v) is 11.9. The predicted molar refractivity (Wildman–Crippen MR) is 84.4 cm³/mol. The standard InChI is InChI=1S/C18H20N2/c1-20-12-9-14-13-16(7-8-17(14)20)19-18(10-11-18)15-5-3-2-4-6-15/h2-8,13,19H,9-12H2,1H3. The van der Waals surface area contributed by atoms with E-state index in [1.807, 2.05) is 0 Å². The molecule has 2 nitrogen and oxygen atoms in total. The van der Waals surface area contributed by atoms with Gasteiger partial charge in [-0.25, -0.2) is 0 Å². The maximum Gasteiger partial charge on any atom is 0.0627 e. The van der Waals surface area contributed by atoms with Crippen LogP contribution in [-0.4, -0.2) is 13.6 Å². The Morgan fingerprint density at radius 3 is 2.60 bits per heavy atom. The maximum absolute atomic E-state index is 3.77. The first kappa shape index (κ1) is 11.8. The molecule has 2 aromatic carbocycles. The monoisotopic (exact) mass is 264 g/mol. The summed E-state index contributed by atoms with van der Waals surface area (Å²) in [5.41, 5.74) is 5.72. The Hall–Kier alpha value is -1.96. The van der Waals surface area contributed by atoms with Crippen molar-refractivity contribution in [1.82, 2.24) is 0 Å². The van der Waals surface area contributed by atoms with Gasteiger partial charge in [0.1, 0.15) is 0 Å². The van der Waals surface area contributed by atoms with Crippen LogP contribution in [0.15, 0.2) is 48.5 Å². The summed E-state index contributed by atoms with van der Waals surface area (Å²) in [6.07, 6.45) is 3.63. The smallest absolute Gasteiger partial charge is 0.0627 e. The minimum atomic E-state index is 0.181. The fraction of sp³-hybridized carbons (Fsp3) is 0.333. The summed E-state index contributed by atoms with van der Waals surface area (Å²) < 4.78 is 0. The van der Waals surface area contributed by atoms with Crippen molar-refractivity contribution in [3.8, 4) is 0 Å². The Kier molecular flexibility index (Phi) is 2.53. The van der Waals surface area contributed by atoms with Crippen molar-refractivity contribution >= 4 is 11.4 Å². The van der Waals surface area contributed by atoms with E-state index in [0.717, 1.165) is 6.54 Å². The highest BCUT2D eigenvalue weighted by atomic mass is 15.1.